The lowest BCUT2D eigenvalue weighted by Crippen LogP contribution is -2.45. The molecule has 1 unspecified atom stereocenters. The normalized spacial score (nSPS) is 29.5. The highest BCUT2D eigenvalue weighted by Gasteiger charge is 2.27. The van der Waals surface area contributed by atoms with Crippen molar-refractivity contribution in [1.29, 1.82) is 0 Å². The van der Waals surface area contributed by atoms with Crippen LogP contribution in [0.3, 0.4) is 0 Å². The average Bonchev–Trinajstić information content (AvgIpc) is 2.15. The van der Waals surface area contributed by atoms with Gasteiger partial charge in [-0.25, -0.2) is 0 Å². The fourth-order valence-electron chi connectivity index (χ4n) is 2.24. The van der Waals surface area contributed by atoms with E-state index in [0.717, 1.165) is 0 Å². The van der Waals surface area contributed by atoms with Crippen LogP contribution in [0.4, 0.5) is 0 Å². The smallest absolute Gasteiger partial charge is 0.00473 e. The summed E-state index contributed by atoms with van der Waals surface area (Å²) < 4.78 is 0. The molecule has 0 aliphatic carbocycles. The average molecular weight is 184 g/mol. The number of hydrogen-bond donors (Lipinski definition) is 1. The van der Waals surface area contributed by atoms with Crippen LogP contribution in [0.5, 0.6) is 0 Å². The molecule has 2 nitrogen and oxygen atoms in total. The zero-order valence-electron chi connectivity index (χ0n) is 9.40. The van der Waals surface area contributed by atoms with Crippen molar-refractivity contribution in [2.75, 3.05) is 32.7 Å². The molecule has 0 aromatic heterocycles. The molecule has 0 saturated carbocycles. The monoisotopic (exact) mass is 184 g/mol. The molecule has 1 aliphatic heterocycles. The van der Waals surface area contributed by atoms with Crippen LogP contribution in [-0.2, 0) is 0 Å². The zero-order valence-corrected chi connectivity index (χ0v) is 9.40. The Kier molecular flexibility index (Phi) is 4.20. The van der Waals surface area contributed by atoms with E-state index < -0.39 is 0 Å². The first-order valence-electron chi connectivity index (χ1n) is 5.63. The molecule has 0 spiro atoms. The van der Waals surface area contributed by atoms with Crippen LogP contribution in [0.1, 0.15) is 33.6 Å². The van der Waals surface area contributed by atoms with Crippen LogP contribution in [0.2, 0.25) is 0 Å². The Morgan fingerprint density at radius 2 is 2.00 bits per heavy atom. The molecule has 0 bridgehead atoms. The van der Waals surface area contributed by atoms with E-state index in [1.807, 2.05) is 0 Å². The molecule has 2 heteroatoms. The number of nitrogens with zero attached hydrogens (tertiary/aromatic N) is 1. The molecule has 13 heavy (non-hydrogen) atoms. The maximum Gasteiger partial charge on any atom is 0.00473 e. The Balaban J connectivity index is 2.39. The van der Waals surface area contributed by atoms with E-state index in [1.165, 1.54) is 45.6 Å². The fraction of sp³-hybridized carbons (Fsp3) is 1.00. The predicted molar refractivity (Wildman–Crippen MR) is 58.0 cm³/mol. The lowest BCUT2D eigenvalue weighted by molar-refractivity contribution is 0.142. The van der Waals surface area contributed by atoms with Crippen molar-refractivity contribution in [2.45, 2.75) is 33.6 Å². The van der Waals surface area contributed by atoms with Gasteiger partial charge in [-0.1, -0.05) is 20.8 Å². The van der Waals surface area contributed by atoms with Gasteiger partial charge in [-0.15, -0.1) is 0 Å². The molecule has 1 rings (SSSR count). The van der Waals surface area contributed by atoms with E-state index in [2.05, 4.69) is 31.0 Å². The van der Waals surface area contributed by atoms with Crippen molar-refractivity contribution in [1.82, 2.24) is 10.2 Å². The first kappa shape index (κ1) is 11.0. The molecule has 0 aromatic carbocycles. The lowest BCUT2D eigenvalue weighted by Gasteiger charge is -2.38. The third-order valence-corrected chi connectivity index (χ3v) is 3.19. The van der Waals surface area contributed by atoms with Gasteiger partial charge in [0, 0.05) is 13.1 Å². The Hall–Kier alpha value is -0.0800. The Morgan fingerprint density at radius 1 is 1.31 bits per heavy atom. The molecule has 1 fully saturated rings. The molecule has 0 amide bonds. The topological polar surface area (TPSA) is 15.3 Å². The van der Waals surface area contributed by atoms with E-state index in [4.69, 9.17) is 0 Å². The number of nitrogens with one attached hydrogen (secondary N) is 1. The van der Waals surface area contributed by atoms with Crippen molar-refractivity contribution in [3.8, 4) is 0 Å². The quantitative estimate of drug-likeness (QED) is 0.715. The summed E-state index contributed by atoms with van der Waals surface area (Å²) in [5.41, 5.74) is 0.518. The van der Waals surface area contributed by atoms with Crippen LogP contribution >= 0.6 is 0 Å². The summed E-state index contributed by atoms with van der Waals surface area (Å²) in [5.74, 6) is 0. The van der Waals surface area contributed by atoms with Crippen molar-refractivity contribution in [3.63, 3.8) is 0 Å². The van der Waals surface area contributed by atoms with Crippen molar-refractivity contribution in [2.24, 2.45) is 5.41 Å². The molecule has 0 radical (unpaired) electrons. The van der Waals surface area contributed by atoms with E-state index in [-0.39, 0.29) is 0 Å². The first-order chi connectivity index (χ1) is 6.20. The molecule has 1 aliphatic rings. The van der Waals surface area contributed by atoms with Gasteiger partial charge in [0.1, 0.15) is 0 Å². The maximum absolute atomic E-state index is 3.50. The third kappa shape index (κ3) is 3.28. The van der Waals surface area contributed by atoms with Crippen LogP contribution in [0.25, 0.3) is 0 Å². The second-order valence-electron chi connectivity index (χ2n) is 4.55. The Bertz CT molecular complexity index is 135. The minimum absolute atomic E-state index is 0.518. The van der Waals surface area contributed by atoms with Crippen molar-refractivity contribution < 1.29 is 0 Å². The van der Waals surface area contributed by atoms with Gasteiger partial charge in [0.05, 0.1) is 0 Å². The Morgan fingerprint density at radius 3 is 2.46 bits per heavy atom. The highest BCUT2D eigenvalue weighted by molar-refractivity contribution is 4.83. The summed E-state index contributed by atoms with van der Waals surface area (Å²) in [7, 11) is 0. The summed E-state index contributed by atoms with van der Waals surface area (Å²) >= 11 is 0. The molecule has 78 valence electrons. The molecule has 1 heterocycles. The van der Waals surface area contributed by atoms with Gasteiger partial charge in [-0.3, -0.25) is 0 Å². The number of rotatable bonds is 4. The van der Waals surface area contributed by atoms with E-state index in [1.54, 1.807) is 0 Å². The minimum atomic E-state index is 0.518. The van der Waals surface area contributed by atoms with Gasteiger partial charge < -0.3 is 10.2 Å². The van der Waals surface area contributed by atoms with Crippen molar-refractivity contribution in [3.05, 3.63) is 0 Å². The largest absolute Gasteiger partial charge is 0.316 e. The summed E-state index contributed by atoms with van der Waals surface area (Å²) in [4.78, 5) is 2.53. The third-order valence-electron chi connectivity index (χ3n) is 3.19. The minimum Gasteiger partial charge on any atom is -0.316 e. The van der Waals surface area contributed by atoms with Gasteiger partial charge >= 0.3 is 0 Å². The standard InChI is InChI=1S/C11H24N2/c1-4-13(5-2)10-11(3)7-6-8-12-9-11/h12H,4-10H2,1-3H3. The second kappa shape index (κ2) is 4.97. The predicted octanol–water partition coefficient (Wildman–Crippen LogP) is 1.72. The molecular formula is C11H24N2. The van der Waals surface area contributed by atoms with Gasteiger partial charge in [-0.2, -0.15) is 0 Å². The van der Waals surface area contributed by atoms with Crippen LogP contribution < -0.4 is 5.32 Å². The highest BCUT2D eigenvalue weighted by atomic mass is 15.1. The lowest BCUT2D eigenvalue weighted by atomic mass is 9.82. The van der Waals surface area contributed by atoms with Gasteiger partial charge in [-0.05, 0) is 37.9 Å². The molecule has 1 saturated heterocycles. The highest BCUT2D eigenvalue weighted by Crippen LogP contribution is 2.26. The maximum atomic E-state index is 3.50. The zero-order chi connectivity index (χ0) is 9.73. The summed E-state index contributed by atoms with van der Waals surface area (Å²) in [5, 5.41) is 3.50. The van der Waals surface area contributed by atoms with Gasteiger partial charge in [0.2, 0.25) is 0 Å². The fourth-order valence-corrected chi connectivity index (χ4v) is 2.24. The van der Waals surface area contributed by atoms with E-state index >= 15 is 0 Å². The first-order valence-corrected chi connectivity index (χ1v) is 5.63. The van der Waals surface area contributed by atoms with E-state index in [9.17, 15) is 0 Å². The van der Waals surface area contributed by atoms with E-state index in [0.29, 0.717) is 5.41 Å². The molecule has 1 N–H and O–H groups in total. The van der Waals surface area contributed by atoms with Crippen LogP contribution in [0, 0.1) is 5.41 Å². The number of piperidine rings is 1. The summed E-state index contributed by atoms with van der Waals surface area (Å²) in [6, 6.07) is 0. The van der Waals surface area contributed by atoms with Crippen LogP contribution in [0.15, 0.2) is 0 Å². The van der Waals surface area contributed by atoms with Gasteiger partial charge in [0.25, 0.3) is 0 Å². The summed E-state index contributed by atoms with van der Waals surface area (Å²) in [6.45, 7) is 13.0. The van der Waals surface area contributed by atoms with Crippen molar-refractivity contribution >= 4 is 0 Å². The SMILES string of the molecule is CCN(CC)CC1(C)CCCNC1. The second-order valence-corrected chi connectivity index (χ2v) is 4.55. The van der Waals surface area contributed by atoms with Crippen LogP contribution in [-0.4, -0.2) is 37.6 Å². The van der Waals surface area contributed by atoms with Gasteiger partial charge in [0.15, 0.2) is 0 Å². The molecular weight excluding hydrogens is 160 g/mol. The molecule has 0 aromatic rings. The molecule has 1 atom stereocenters. The summed E-state index contributed by atoms with van der Waals surface area (Å²) in [6.07, 6.45) is 2.73. The Labute approximate surface area is 82.7 Å². The number of hydrogen-bond acceptors (Lipinski definition) is 2.